The minimum Gasteiger partial charge on any atom is -0.507 e. The Morgan fingerprint density at radius 1 is 1.11 bits per heavy atom. The molecule has 7 nitrogen and oxygen atoms in total. The van der Waals surface area contributed by atoms with E-state index in [1.807, 2.05) is 50.2 Å². The summed E-state index contributed by atoms with van der Waals surface area (Å²) in [6.45, 7) is 3.70. The summed E-state index contributed by atoms with van der Waals surface area (Å²) in [5.41, 5.74) is 9.82. The van der Waals surface area contributed by atoms with Crippen LogP contribution < -0.4 is 15.8 Å². The molecular formula is C20H21N5O2. The first-order valence-electron chi connectivity index (χ1n) is 8.34. The second kappa shape index (κ2) is 7.74. The molecule has 0 radical (unpaired) electrons. The van der Waals surface area contributed by atoms with E-state index < -0.39 is 0 Å². The summed E-state index contributed by atoms with van der Waals surface area (Å²) < 4.78 is 5.27. The highest BCUT2D eigenvalue weighted by Gasteiger charge is 2.07. The lowest BCUT2D eigenvalue weighted by molar-refractivity contribution is 0.417. The van der Waals surface area contributed by atoms with Crippen molar-refractivity contribution in [3.05, 3.63) is 59.9 Å². The van der Waals surface area contributed by atoms with Crippen LogP contribution in [0.5, 0.6) is 11.5 Å². The molecule has 0 spiro atoms. The molecular weight excluding hydrogens is 342 g/mol. The average molecular weight is 363 g/mol. The van der Waals surface area contributed by atoms with Gasteiger partial charge in [0.05, 0.1) is 30.9 Å². The summed E-state index contributed by atoms with van der Waals surface area (Å²) in [5.74, 6) is 1.52. The molecule has 3 aromatic rings. The van der Waals surface area contributed by atoms with Crippen molar-refractivity contribution >= 4 is 17.5 Å². The van der Waals surface area contributed by atoms with Crippen LogP contribution >= 0.6 is 0 Å². The highest BCUT2D eigenvalue weighted by Crippen LogP contribution is 2.28. The molecule has 0 saturated carbocycles. The lowest BCUT2D eigenvalue weighted by Gasteiger charge is -2.10. The molecule has 2 aromatic carbocycles. The largest absolute Gasteiger partial charge is 0.507 e. The first-order valence-corrected chi connectivity index (χ1v) is 8.34. The molecule has 3 rings (SSSR count). The monoisotopic (exact) mass is 363 g/mol. The van der Waals surface area contributed by atoms with Crippen molar-refractivity contribution in [3.63, 3.8) is 0 Å². The zero-order chi connectivity index (χ0) is 19.4. The average Bonchev–Trinajstić information content (AvgIpc) is 2.66. The number of methoxy groups -OCH3 is 1. The van der Waals surface area contributed by atoms with E-state index in [0.29, 0.717) is 28.7 Å². The Morgan fingerprint density at radius 3 is 2.44 bits per heavy atom. The molecule has 0 aliphatic carbocycles. The second-order valence-electron chi connectivity index (χ2n) is 6.04. The number of anilines is 1. The standard InChI is InChI=1S/C20H21N5O2/c1-12-8-14(9-13(2)19(12)26)16-10-23-18(11-22-16)25-20(21)24-15-6-4-5-7-17(15)27-3/h4-11,26H,1-3H3,(H3,21,23,24,25). The van der Waals surface area contributed by atoms with E-state index in [2.05, 4.69) is 20.3 Å². The fourth-order valence-electron chi connectivity index (χ4n) is 2.67. The lowest BCUT2D eigenvalue weighted by atomic mass is 10.0. The van der Waals surface area contributed by atoms with Crippen LogP contribution in [0.15, 0.2) is 53.8 Å². The van der Waals surface area contributed by atoms with Gasteiger partial charge in [-0.05, 0) is 49.2 Å². The van der Waals surface area contributed by atoms with Gasteiger partial charge in [0, 0.05) is 5.56 Å². The molecule has 27 heavy (non-hydrogen) atoms. The minimum absolute atomic E-state index is 0.179. The first kappa shape index (κ1) is 18.2. The number of aliphatic imine (C=N–C) groups is 1. The Bertz CT molecular complexity index is 961. The van der Waals surface area contributed by atoms with Gasteiger partial charge in [0.2, 0.25) is 0 Å². The number of nitrogens with one attached hydrogen (secondary N) is 1. The van der Waals surface area contributed by atoms with Gasteiger partial charge in [-0.3, -0.25) is 4.98 Å². The number of aryl methyl sites for hydroxylation is 2. The summed E-state index contributed by atoms with van der Waals surface area (Å²) in [6, 6.07) is 11.1. The van der Waals surface area contributed by atoms with Crippen molar-refractivity contribution in [2.45, 2.75) is 13.8 Å². The quantitative estimate of drug-likeness (QED) is 0.484. The third-order valence-corrected chi connectivity index (χ3v) is 4.03. The highest BCUT2D eigenvalue weighted by atomic mass is 16.5. The molecule has 0 fully saturated rings. The van der Waals surface area contributed by atoms with Gasteiger partial charge in [0.25, 0.3) is 0 Å². The van der Waals surface area contributed by atoms with Gasteiger partial charge in [-0.25, -0.2) is 4.98 Å². The summed E-state index contributed by atoms with van der Waals surface area (Å²) in [6.07, 6.45) is 3.17. The van der Waals surface area contributed by atoms with E-state index >= 15 is 0 Å². The van der Waals surface area contributed by atoms with E-state index in [9.17, 15) is 5.11 Å². The maximum Gasteiger partial charge on any atom is 0.200 e. The highest BCUT2D eigenvalue weighted by molar-refractivity contribution is 5.95. The summed E-state index contributed by atoms with van der Waals surface area (Å²) in [4.78, 5) is 12.9. The topological polar surface area (TPSA) is 106 Å². The summed E-state index contributed by atoms with van der Waals surface area (Å²) in [5, 5.41) is 12.9. The Hall–Kier alpha value is -3.61. The van der Waals surface area contributed by atoms with Crippen LogP contribution in [0.3, 0.4) is 0 Å². The number of para-hydroxylation sites is 2. The fourth-order valence-corrected chi connectivity index (χ4v) is 2.67. The Labute approximate surface area is 157 Å². The van der Waals surface area contributed by atoms with Gasteiger partial charge in [-0.15, -0.1) is 0 Å². The number of phenolic OH excluding ortho intramolecular Hbond substituents is 1. The predicted octanol–water partition coefficient (Wildman–Crippen LogP) is 3.53. The van der Waals surface area contributed by atoms with Crippen LogP contribution in [0.4, 0.5) is 11.5 Å². The van der Waals surface area contributed by atoms with Crippen molar-refractivity contribution in [2.75, 3.05) is 12.4 Å². The number of guanidine groups is 1. The van der Waals surface area contributed by atoms with Gasteiger partial charge in [-0.2, -0.15) is 4.99 Å². The number of hydrogen-bond donors (Lipinski definition) is 3. The van der Waals surface area contributed by atoms with E-state index in [1.165, 1.54) is 0 Å². The van der Waals surface area contributed by atoms with E-state index in [-0.39, 0.29) is 5.96 Å². The maximum atomic E-state index is 9.90. The molecule has 1 aromatic heterocycles. The molecule has 0 unspecified atom stereocenters. The minimum atomic E-state index is 0.179. The number of aromatic hydroxyl groups is 1. The van der Waals surface area contributed by atoms with Crippen LogP contribution in [0, 0.1) is 13.8 Å². The van der Waals surface area contributed by atoms with Gasteiger partial charge < -0.3 is 20.9 Å². The van der Waals surface area contributed by atoms with Crippen molar-refractivity contribution in [1.29, 1.82) is 0 Å². The number of hydrogen-bond acceptors (Lipinski definition) is 5. The van der Waals surface area contributed by atoms with Crippen LogP contribution in [0.25, 0.3) is 11.3 Å². The Kier molecular flexibility index (Phi) is 5.21. The third-order valence-electron chi connectivity index (χ3n) is 4.03. The van der Waals surface area contributed by atoms with Crippen LogP contribution in [0.1, 0.15) is 11.1 Å². The van der Waals surface area contributed by atoms with Crippen molar-refractivity contribution in [3.8, 4) is 22.8 Å². The summed E-state index contributed by atoms with van der Waals surface area (Å²) in [7, 11) is 1.59. The van der Waals surface area contributed by atoms with Crippen molar-refractivity contribution in [2.24, 2.45) is 10.7 Å². The number of ether oxygens (including phenoxy) is 1. The van der Waals surface area contributed by atoms with E-state index in [4.69, 9.17) is 10.5 Å². The normalized spacial score (nSPS) is 11.3. The zero-order valence-electron chi connectivity index (χ0n) is 15.4. The molecule has 0 amide bonds. The Balaban J connectivity index is 1.80. The third kappa shape index (κ3) is 4.14. The Morgan fingerprint density at radius 2 is 1.81 bits per heavy atom. The van der Waals surface area contributed by atoms with E-state index in [1.54, 1.807) is 19.5 Å². The van der Waals surface area contributed by atoms with Crippen LogP contribution in [-0.2, 0) is 0 Å². The number of benzene rings is 2. The van der Waals surface area contributed by atoms with Gasteiger partial charge >= 0.3 is 0 Å². The molecule has 4 N–H and O–H groups in total. The van der Waals surface area contributed by atoms with Crippen LogP contribution in [-0.4, -0.2) is 28.1 Å². The predicted molar refractivity (Wildman–Crippen MR) is 107 cm³/mol. The summed E-state index contributed by atoms with van der Waals surface area (Å²) >= 11 is 0. The van der Waals surface area contributed by atoms with Crippen LogP contribution in [0.2, 0.25) is 0 Å². The number of phenols is 1. The fraction of sp³-hybridized carbons (Fsp3) is 0.150. The molecule has 1 heterocycles. The van der Waals surface area contributed by atoms with Crippen molar-refractivity contribution < 1.29 is 9.84 Å². The molecule has 0 atom stereocenters. The number of aromatic nitrogens is 2. The molecule has 0 aliphatic rings. The number of rotatable bonds is 4. The van der Waals surface area contributed by atoms with Gasteiger partial charge in [0.15, 0.2) is 11.8 Å². The zero-order valence-corrected chi connectivity index (χ0v) is 15.4. The smallest absolute Gasteiger partial charge is 0.200 e. The first-order chi connectivity index (χ1) is 13.0. The molecule has 0 saturated heterocycles. The van der Waals surface area contributed by atoms with Gasteiger partial charge in [-0.1, -0.05) is 12.1 Å². The molecule has 0 aliphatic heterocycles. The molecule has 7 heteroatoms. The SMILES string of the molecule is COc1ccccc1NC(N)=Nc1cnc(-c2cc(C)c(O)c(C)c2)cn1. The lowest BCUT2D eigenvalue weighted by Crippen LogP contribution is -2.22. The van der Waals surface area contributed by atoms with E-state index in [0.717, 1.165) is 16.7 Å². The maximum absolute atomic E-state index is 9.90. The van der Waals surface area contributed by atoms with Gasteiger partial charge in [0.1, 0.15) is 11.5 Å². The molecule has 0 bridgehead atoms. The number of nitrogens with zero attached hydrogens (tertiary/aromatic N) is 3. The second-order valence-corrected chi connectivity index (χ2v) is 6.04. The number of nitrogens with two attached hydrogens (primary N) is 1. The molecule has 138 valence electrons. The van der Waals surface area contributed by atoms with Crippen molar-refractivity contribution in [1.82, 2.24) is 9.97 Å².